The highest BCUT2D eigenvalue weighted by atomic mass is 35.5. The minimum absolute atomic E-state index is 0.129. The molecule has 0 aliphatic rings. The molecule has 0 bridgehead atoms. The van der Waals surface area contributed by atoms with Crippen molar-refractivity contribution in [1.29, 1.82) is 0 Å². The van der Waals surface area contributed by atoms with Gasteiger partial charge in [-0.15, -0.1) is 0 Å². The highest BCUT2D eigenvalue weighted by Gasteiger charge is 2.23. The molecule has 5 nitrogen and oxygen atoms in total. The summed E-state index contributed by atoms with van der Waals surface area (Å²) in [4.78, 5) is 12.3. The Morgan fingerprint density at radius 2 is 1.76 bits per heavy atom. The number of halogens is 3. The topological polar surface area (TPSA) is 66.5 Å². The molecule has 0 unspecified atom stereocenters. The summed E-state index contributed by atoms with van der Waals surface area (Å²) >= 11 is 17.9. The number of rotatable bonds is 5. The van der Waals surface area contributed by atoms with Gasteiger partial charge < -0.3 is 5.32 Å². The SMILES string of the molecule is Cc1ccc(NC(=O)CN(c2ccc(Cl)cc2Cl)S(C)(=O)=O)cc1Cl. The number of benzene rings is 2. The van der Waals surface area contributed by atoms with Gasteiger partial charge in [0.1, 0.15) is 6.54 Å². The summed E-state index contributed by atoms with van der Waals surface area (Å²) in [6.45, 7) is 1.40. The van der Waals surface area contributed by atoms with E-state index in [4.69, 9.17) is 34.8 Å². The van der Waals surface area contributed by atoms with Crippen molar-refractivity contribution in [2.45, 2.75) is 6.92 Å². The number of carbonyl (C=O) groups excluding carboxylic acids is 1. The molecule has 0 aromatic heterocycles. The fourth-order valence-corrected chi connectivity index (χ4v) is 3.68. The van der Waals surface area contributed by atoms with Crippen molar-refractivity contribution >= 4 is 62.1 Å². The molecule has 0 saturated heterocycles. The Morgan fingerprint density at radius 1 is 1.08 bits per heavy atom. The normalized spacial score (nSPS) is 11.2. The van der Waals surface area contributed by atoms with Crippen molar-refractivity contribution in [2.24, 2.45) is 0 Å². The van der Waals surface area contributed by atoms with Gasteiger partial charge in [0, 0.05) is 15.7 Å². The van der Waals surface area contributed by atoms with Gasteiger partial charge in [0.05, 0.1) is 17.0 Å². The Kier molecular flexibility index (Phi) is 6.21. The fourth-order valence-electron chi connectivity index (χ4n) is 2.07. The van der Waals surface area contributed by atoms with Crippen molar-refractivity contribution in [2.75, 3.05) is 22.4 Å². The third kappa shape index (κ3) is 5.25. The lowest BCUT2D eigenvalue weighted by atomic mass is 10.2. The van der Waals surface area contributed by atoms with Gasteiger partial charge >= 0.3 is 0 Å². The standard InChI is InChI=1S/C16H15Cl3N2O3S/c1-10-3-5-12(8-13(10)18)20-16(22)9-21(25(2,23)24)15-6-4-11(17)7-14(15)19/h3-8H,9H2,1-2H3,(H,20,22). The maximum atomic E-state index is 12.3. The van der Waals surface area contributed by atoms with Gasteiger partial charge in [0.2, 0.25) is 15.9 Å². The Morgan fingerprint density at radius 3 is 2.32 bits per heavy atom. The summed E-state index contributed by atoms with van der Waals surface area (Å²) in [5, 5.41) is 3.60. The van der Waals surface area contributed by atoms with Crippen LogP contribution in [0.4, 0.5) is 11.4 Å². The quantitative estimate of drug-likeness (QED) is 0.780. The zero-order valence-corrected chi connectivity index (χ0v) is 16.5. The van der Waals surface area contributed by atoms with Crippen LogP contribution in [-0.4, -0.2) is 27.1 Å². The molecule has 0 atom stereocenters. The van der Waals surface area contributed by atoms with Crippen molar-refractivity contribution in [3.63, 3.8) is 0 Å². The number of hydrogen-bond acceptors (Lipinski definition) is 3. The maximum absolute atomic E-state index is 12.3. The van der Waals surface area contributed by atoms with E-state index in [0.29, 0.717) is 15.7 Å². The Balaban J connectivity index is 2.25. The Bertz CT molecular complexity index is 917. The van der Waals surface area contributed by atoms with Crippen LogP contribution in [0.5, 0.6) is 0 Å². The second-order valence-corrected chi connectivity index (χ2v) is 8.54. The molecule has 0 saturated carbocycles. The molecule has 134 valence electrons. The van der Waals surface area contributed by atoms with Crippen LogP contribution in [0.1, 0.15) is 5.56 Å². The number of nitrogens with zero attached hydrogens (tertiary/aromatic N) is 1. The Hall–Kier alpha value is -1.47. The molecule has 0 radical (unpaired) electrons. The lowest BCUT2D eigenvalue weighted by Crippen LogP contribution is -2.37. The van der Waals surface area contributed by atoms with Crippen LogP contribution in [0.2, 0.25) is 15.1 Å². The van der Waals surface area contributed by atoms with Gasteiger partial charge in [0.25, 0.3) is 0 Å². The third-order valence-corrected chi connectivity index (χ3v) is 5.39. The molecule has 1 N–H and O–H groups in total. The van der Waals surface area contributed by atoms with Gasteiger partial charge in [-0.05, 0) is 42.8 Å². The van der Waals surface area contributed by atoms with Gasteiger partial charge in [-0.3, -0.25) is 9.10 Å². The third-order valence-electron chi connectivity index (χ3n) is 3.32. The van der Waals surface area contributed by atoms with E-state index in [9.17, 15) is 13.2 Å². The molecule has 9 heteroatoms. The van der Waals surface area contributed by atoms with Crippen molar-refractivity contribution in [1.82, 2.24) is 0 Å². The fraction of sp³-hybridized carbons (Fsp3) is 0.188. The molecule has 1 amide bonds. The largest absolute Gasteiger partial charge is 0.324 e. The van der Waals surface area contributed by atoms with E-state index in [1.54, 1.807) is 18.2 Å². The molecular formula is C16H15Cl3N2O3S. The lowest BCUT2D eigenvalue weighted by Gasteiger charge is -2.23. The summed E-state index contributed by atoms with van der Waals surface area (Å²) in [6.07, 6.45) is 0.994. The zero-order chi connectivity index (χ0) is 18.8. The van der Waals surface area contributed by atoms with E-state index >= 15 is 0 Å². The maximum Gasteiger partial charge on any atom is 0.245 e. The van der Waals surface area contributed by atoms with Crippen LogP contribution >= 0.6 is 34.8 Å². The smallest absolute Gasteiger partial charge is 0.245 e. The first kappa shape index (κ1) is 19.8. The van der Waals surface area contributed by atoms with E-state index in [1.807, 2.05) is 6.92 Å². The van der Waals surface area contributed by atoms with Crippen molar-refractivity contribution < 1.29 is 13.2 Å². The summed E-state index contributed by atoms with van der Waals surface area (Å²) in [7, 11) is -3.74. The second kappa shape index (κ2) is 7.83. The molecule has 0 aliphatic heterocycles. The van der Waals surface area contributed by atoms with E-state index in [2.05, 4.69) is 5.32 Å². The molecule has 2 aromatic rings. The summed E-state index contributed by atoms with van der Waals surface area (Å²) in [5.41, 5.74) is 1.51. The minimum Gasteiger partial charge on any atom is -0.324 e. The van der Waals surface area contributed by atoms with Crippen LogP contribution in [0.3, 0.4) is 0 Å². The van der Waals surface area contributed by atoms with Gasteiger partial charge in [-0.1, -0.05) is 40.9 Å². The number of anilines is 2. The predicted molar refractivity (Wildman–Crippen MR) is 103 cm³/mol. The van der Waals surface area contributed by atoms with Gasteiger partial charge in [0.15, 0.2) is 0 Å². The molecule has 2 aromatic carbocycles. The molecule has 25 heavy (non-hydrogen) atoms. The molecule has 2 rings (SSSR count). The average molecular weight is 422 g/mol. The van der Waals surface area contributed by atoms with Crippen LogP contribution in [0.25, 0.3) is 0 Å². The zero-order valence-electron chi connectivity index (χ0n) is 13.4. The molecule has 0 spiro atoms. The molecule has 0 aliphatic carbocycles. The second-order valence-electron chi connectivity index (χ2n) is 5.38. The predicted octanol–water partition coefficient (Wildman–Crippen LogP) is 4.36. The highest BCUT2D eigenvalue weighted by Crippen LogP contribution is 2.30. The number of amides is 1. The Labute approximate surface area is 161 Å². The number of sulfonamides is 1. The number of aryl methyl sites for hydroxylation is 1. The highest BCUT2D eigenvalue weighted by molar-refractivity contribution is 7.92. The summed E-state index contributed by atoms with van der Waals surface area (Å²) in [5.74, 6) is -0.531. The van der Waals surface area contributed by atoms with Crippen molar-refractivity contribution in [3.05, 3.63) is 57.0 Å². The van der Waals surface area contributed by atoms with Crippen LogP contribution in [0.15, 0.2) is 36.4 Å². The molecule has 0 fully saturated rings. The number of hydrogen-bond donors (Lipinski definition) is 1. The lowest BCUT2D eigenvalue weighted by molar-refractivity contribution is -0.114. The molecule has 0 heterocycles. The van der Waals surface area contributed by atoms with Crippen LogP contribution < -0.4 is 9.62 Å². The first-order chi connectivity index (χ1) is 11.6. The number of nitrogens with one attached hydrogen (secondary N) is 1. The van der Waals surface area contributed by atoms with E-state index in [-0.39, 0.29) is 10.7 Å². The van der Waals surface area contributed by atoms with Crippen molar-refractivity contribution in [3.8, 4) is 0 Å². The number of carbonyl (C=O) groups is 1. The monoisotopic (exact) mass is 420 g/mol. The first-order valence-electron chi connectivity index (χ1n) is 7.06. The summed E-state index contributed by atoms with van der Waals surface area (Å²) in [6, 6.07) is 9.38. The minimum atomic E-state index is -3.74. The first-order valence-corrected chi connectivity index (χ1v) is 10.0. The van der Waals surface area contributed by atoms with Crippen LogP contribution in [0, 0.1) is 6.92 Å². The van der Waals surface area contributed by atoms with E-state index in [0.717, 1.165) is 16.1 Å². The molecular weight excluding hydrogens is 407 g/mol. The van der Waals surface area contributed by atoms with E-state index < -0.39 is 22.5 Å². The van der Waals surface area contributed by atoms with Crippen LogP contribution in [-0.2, 0) is 14.8 Å². The average Bonchev–Trinajstić information content (AvgIpc) is 2.48. The van der Waals surface area contributed by atoms with Gasteiger partial charge in [-0.25, -0.2) is 8.42 Å². The van der Waals surface area contributed by atoms with Gasteiger partial charge in [-0.2, -0.15) is 0 Å². The summed E-state index contributed by atoms with van der Waals surface area (Å²) < 4.78 is 25.1. The van der Waals surface area contributed by atoms with E-state index in [1.165, 1.54) is 18.2 Å².